The van der Waals surface area contributed by atoms with Gasteiger partial charge < -0.3 is 24.4 Å². The van der Waals surface area contributed by atoms with Crippen molar-refractivity contribution in [1.82, 2.24) is 4.90 Å². The van der Waals surface area contributed by atoms with Gasteiger partial charge in [0.15, 0.2) is 0 Å². The Balaban J connectivity index is 1.35. The fourth-order valence-electron chi connectivity index (χ4n) is 7.30. The van der Waals surface area contributed by atoms with Gasteiger partial charge in [0.1, 0.15) is 17.6 Å². The molecule has 4 heterocycles. The van der Waals surface area contributed by atoms with Crippen LogP contribution in [0, 0.1) is 11.8 Å². The molecule has 0 bridgehead atoms. The number of aliphatic hydroxyl groups is 1. The molecule has 1 spiro atoms. The number of hydrogen-bond donors (Lipinski definition) is 1. The lowest BCUT2D eigenvalue weighted by molar-refractivity contribution is -0.155. The predicted octanol–water partition coefficient (Wildman–Crippen LogP) is 3.82. The first-order chi connectivity index (χ1) is 21.0. The summed E-state index contributed by atoms with van der Waals surface area (Å²) in [6, 6.07) is 21.6. The van der Waals surface area contributed by atoms with Crippen LogP contribution in [-0.4, -0.2) is 71.3 Å². The maximum atomic E-state index is 14.8. The minimum Gasteiger partial charge on any atom is -0.465 e. The van der Waals surface area contributed by atoms with Crippen molar-refractivity contribution in [2.24, 2.45) is 11.8 Å². The van der Waals surface area contributed by atoms with Crippen LogP contribution in [0.15, 0.2) is 97.1 Å². The van der Waals surface area contributed by atoms with Gasteiger partial charge in [0.05, 0.1) is 31.3 Å². The summed E-state index contributed by atoms with van der Waals surface area (Å²) in [6.07, 6.45) is 8.51. The van der Waals surface area contributed by atoms with Gasteiger partial charge in [-0.3, -0.25) is 14.4 Å². The van der Waals surface area contributed by atoms with Gasteiger partial charge in [-0.25, -0.2) is 0 Å². The predicted molar refractivity (Wildman–Crippen MR) is 161 cm³/mol. The second kappa shape index (κ2) is 11.1. The van der Waals surface area contributed by atoms with Gasteiger partial charge in [-0.2, -0.15) is 0 Å². The number of fused-ring (bicyclic) bond motifs is 3. The molecule has 4 aliphatic rings. The summed E-state index contributed by atoms with van der Waals surface area (Å²) in [5.41, 5.74) is 0.221. The van der Waals surface area contributed by atoms with E-state index >= 15 is 0 Å². The Labute approximate surface area is 250 Å². The Morgan fingerprint density at radius 3 is 2.53 bits per heavy atom. The number of anilines is 1. The summed E-state index contributed by atoms with van der Waals surface area (Å²) in [6.45, 7) is 0.169. The zero-order valence-electron chi connectivity index (χ0n) is 23.7. The molecule has 1 unspecified atom stereocenters. The average Bonchev–Trinajstić information content (AvgIpc) is 3.45. The number of benzene rings is 3. The van der Waals surface area contributed by atoms with Crippen molar-refractivity contribution in [3.05, 3.63) is 103 Å². The maximum absolute atomic E-state index is 14.8. The van der Waals surface area contributed by atoms with E-state index in [2.05, 4.69) is 0 Å². The van der Waals surface area contributed by atoms with Crippen molar-refractivity contribution in [3.8, 4) is 0 Å². The van der Waals surface area contributed by atoms with Crippen molar-refractivity contribution in [3.63, 3.8) is 0 Å². The first-order valence-corrected chi connectivity index (χ1v) is 15.0. The Kier molecular flexibility index (Phi) is 7.11. The Morgan fingerprint density at radius 2 is 1.72 bits per heavy atom. The van der Waals surface area contributed by atoms with Crippen LogP contribution in [0.4, 0.5) is 5.69 Å². The number of likely N-dealkylation sites (tertiary alicyclic amines) is 1. The number of rotatable bonds is 5. The van der Waals surface area contributed by atoms with E-state index in [0.717, 1.165) is 22.8 Å². The lowest BCUT2D eigenvalue weighted by Gasteiger charge is -2.38. The summed E-state index contributed by atoms with van der Waals surface area (Å²) < 4.78 is 12.3. The quantitative estimate of drug-likeness (QED) is 0.365. The minimum absolute atomic E-state index is 0.255. The number of ether oxygens (including phenoxy) is 2. The third-order valence-corrected chi connectivity index (χ3v) is 9.25. The highest BCUT2D eigenvalue weighted by atomic mass is 16.6. The van der Waals surface area contributed by atoms with Crippen molar-refractivity contribution >= 4 is 34.2 Å². The summed E-state index contributed by atoms with van der Waals surface area (Å²) in [4.78, 5) is 46.1. The molecule has 4 aliphatic heterocycles. The molecule has 220 valence electrons. The van der Waals surface area contributed by atoms with Gasteiger partial charge in [0, 0.05) is 12.2 Å². The van der Waals surface area contributed by atoms with E-state index < -0.39 is 41.6 Å². The lowest BCUT2D eigenvalue weighted by atomic mass is 9.78. The summed E-state index contributed by atoms with van der Waals surface area (Å²) >= 11 is 0. The second-order valence-electron chi connectivity index (χ2n) is 11.7. The van der Waals surface area contributed by atoms with Crippen LogP contribution in [0.1, 0.15) is 18.4 Å². The molecule has 1 N–H and O–H groups in total. The van der Waals surface area contributed by atoms with E-state index in [0.29, 0.717) is 18.5 Å². The number of carbonyl (C=O) groups excluding carboxylic acids is 3. The first kappa shape index (κ1) is 27.6. The van der Waals surface area contributed by atoms with Crippen LogP contribution in [-0.2, 0) is 30.3 Å². The zero-order chi connectivity index (χ0) is 29.6. The van der Waals surface area contributed by atoms with E-state index in [1.54, 1.807) is 4.90 Å². The van der Waals surface area contributed by atoms with Crippen molar-refractivity contribution < 1.29 is 29.0 Å². The first-order valence-electron chi connectivity index (χ1n) is 15.0. The van der Waals surface area contributed by atoms with Crippen molar-refractivity contribution in [2.45, 2.75) is 43.1 Å². The SMILES string of the molecule is O=C1OCCC/C=C\[C@H]2O[C@]34C=CCN(c5ccc6ccccc6c5)C(=O)C3N([C@@H](CO)Cc3ccccc3)C(=O)[C@@H]4[C@@H]12. The van der Waals surface area contributed by atoms with Gasteiger partial charge >= 0.3 is 5.97 Å². The summed E-state index contributed by atoms with van der Waals surface area (Å²) in [7, 11) is 0. The summed E-state index contributed by atoms with van der Waals surface area (Å²) in [5.74, 6) is -3.07. The van der Waals surface area contributed by atoms with Crippen LogP contribution in [0.5, 0.6) is 0 Å². The molecular weight excluding hydrogens is 544 g/mol. The fraction of sp³-hybridized carbons (Fsp3) is 0.343. The van der Waals surface area contributed by atoms with Crippen LogP contribution >= 0.6 is 0 Å². The molecule has 2 amide bonds. The second-order valence-corrected chi connectivity index (χ2v) is 11.7. The molecule has 0 saturated carbocycles. The molecule has 3 aromatic carbocycles. The minimum atomic E-state index is -1.40. The molecular formula is C35H34N2O6. The summed E-state index contributed by atoms with van der Waals surface area (Å²) in [5, 5.41) is 12.7. The van der Waals surface area contributed by atoms with Gasteiger partial charge in [-0.1, -0.05) is 85.0 Å². The Morgan fingerprint density at radius 1 is 0.930 bits per heavy atom. The molecule has 6 atom stereocenters. The molecule has 3 aromatic rings. The van der Waals surface area contributed by atoms with E-state index in [1.807, 2.05) is 97.1 Å². The van der Waals surface area contributed by atoms with E-state index in [1.165, 1.54) is 4.90 Å². The standard InChI is InChI=1S/C35H34N2O6/c38-22-27(20-23-10-3-1-4-11-23)37-31-33(40)36(26-16-15-24-12-6-7-13-25(24)21-26)18-9-17-35(31)30(32(37)39)29-28(43-35)14-5-2-8-19-42-34(29)41/h1,3-7,9-17,21,27-31,38H,2,8,18-20,22H2/b14-5-/t27-,28-,29+,30+,31?,35+/m1/s1. The maximum Gasteiger partial charge on any atom is 0.312 e. The molecule has 8 heteroatoms. The monoisotopic (exact) mass is 578 g/mol. The highest BCUT2D eigenvalue weighted by Gasteiger charge is 2.72. The smallest absolute Gasteiger partial charge is 0.312 e. The van der Waals surface area contributed by atoms with E-state index in [-0.39, 0.29) is 31.6 Å². The molecule has 8 nitrogen and oxygen atoms in total. The third-order valence-electron chi connectivity index (χ3n) is 9.25. The number of esters is 1. The van der Waals surface area contributed by atoms with Crippen LogP contribution in [0.3, 0.4) is 0 Å². The lowest BCUT2D eigenvalue weighted by Crippen LogP contribution is -2.58. The Bertz CT molecular complexity index is 1620. The average molecular weight is 579 g/mol. The third kappa shape index (κ3) is 4.56. The molecule has 0 radical (unpaired) electrons. The topological polar surface area (TPSA) is 96.4 Å². The van der Waals surface area contributed by atoms with Crippen LogP contribution in [0.25, 0.3) is 10.8 Å². The molecule has 2 fully saturated rings. The van der Waals surface area contributed by atoms with E-state index in [9.17, 15) is 19.5 Å². The number of hydrogen-bond acceptors (Lipinski definition) is 6. The molecule has 0 aliphatic carbocycles. The number of amides is 2. The number of aliphatic hydroxyl groups excluding tert-OH is 1. The Hall–Kier alpha value is -4.27. The molecule has 0 aromatic heterocycles. The van der Waals surface area contributed by atoms with Crippen molar-refractivity contribution in [2.75, 3.05) is 24.7 Å². The van der Waals surface area contributed by atoms with Gasteiger partial charge in [0.2, 0.25) is 5.91 Å². The molecule has 7 rings (SSSR count). The van der Waals surface area contributed by atoms with Crippen LogP contribution in [0.2, 0.25) is 0 Å². The van der Waals surface area contributed by atoms with Gasteiger partial charge in [-0.15, -0.1) is 0 Å². The number of cyclic esters (lactones) is 1. The zero-order valence-corrected chi connectivity index (χ0v) is 23.7. The molecule has 2 saturated heterocycles. The fourth-order valence-corrected chi connectivity index (χ4v) is 7.30. The largest absolute Gasteiger partial charge is 0.465 e. The van der Waals surface area contributed by atoms with Gasteiger partial charge in [-0.05, 0) is 47.7 Å². The highest BCUT2D eigenvalue weighted by Crippen LogP contribution is 2.54. The van der Waals surface area contributed by atoms with E-state index in [4.69, 9.17) is 9.47 Å². The van der Waals surface area contributed by atoms with Gasteiger partial charge in [0.25, 0.3) is 5.91 Å². The number of carbonyl (C=O) groups is 3. The molecule has 43 heavy (non-hydrogen) atoms. The normalized spacial score (nSPS) is 30.0. The van der Waals surface area contributed by atoms with Crippen molar-refractivity contribution in [1.29, 1.82) is 0 Å². The van der Waals surface area contributed by atoms with Crippen LogP contribution < -0.4 is 4.90 Å². The highest BCUT2D eigenvalue weighted by molar-refractivity contribution is 6.06. The number of allylic oxidation sites excluding steroid dienone is 1. The number of nitrogens with zero attached hydrogens (tertiary/aromatic N) is 2.